The number of hydrogen-bond acceptors (Lipinski definition) is 3. The lowest BCUT2D eigenvalue weighted by atomic mass is 9.94. The molecule has 0 radical (unpaired) electrons. The van der Waals surface area contributed by atoms with Gasteiger partial charge in [-0.15, -0.1) is 0 Å². The van der Waals surface area contributed by atoms with E-state index in [0.29, 0.717) is 31.7 Å². The number of halogens is 1. The van der Waals surface area contributed by atoms with Gasteiger partial charge in [-0.3, -0.25) is 4.79 Å². The van der Waals surface area contributed by atoms with Gasteiger partial charge in [0.2, 0.25) is 5.91 Å². The predicted molar refractivity (Wildman–Crippen MR) is 81.6 cm³/mol. The molecule has 0 atom stereocenters. The average molecular weight is 296 g/mol. The Bertz CT molecular complexity index is 430. The molecule has 21 heavy (non-hydrogen) atoms. The van der Waals surface area contributed by atoms with E-state index < -0.39 is 0 Å². The second kappa shape index (κ2) is 8.62. The first-order chi connectivity index (χ1) is 9.99. The molecule has 0 spiro atoms. The van der Waals surface area contributed by atoms with Crippen molar-refractivity contribution in [2.75, 3.05) is 13.2 Å². The Morgan fingerprint density at radius 3 is 2.48 bits per heavy atom. The van der Waals surface area contributed by atoms with Gasteiger partial charge in [0.1, 0.15) is 11.6 Å². The predicted octanol–water partition coefficient (Wildman–Crippen LogP) is 2.62. The van der Waals surface area contributed by atoms with Crippen molar-refractivity contribution in [2.24, 2.45) is 5.73 Å². The summed E-state index contributed by atoms with van der Waals surface area (Å²) in [7, 11) is 0. The van der Waals surface area contributed by atoms with Crippen LogP contribution in [-0.2, 0) is 4.79 Å². The number of hydrogen-bond donors (Lipinski definition) is 2. The van der Waals surface area contributed by atoms with E-state index >= 15 is 0 Å². The van der Waals surface area contributed by atoms with Gasteiger partial charge in [-0.2, -0.15) is 0 Å². The highest BCUT2D eigenvalue weighted by Crippen LogP contribution is 2.12. The summed E-state index contributed by atoms with van der Waals surface area (Å²) >= 11 is 0. The second-order valence-corrected chi connectivity index (χ2v) is 5.25. The van der Waals surface area contributed by atoms with Crippen molar-refractivity contribution in [1.29, 1.82) is 0 Å². The van der Waals surface area contributed by atoms with E-state index in [1.165, 1.54) is 12.1 Å². The first-order valence-corrected chi connectivity index (χ1v) is 7.43. The van der Waals surface area contributed by atoms with E-state index in [2.05, 4.69) is 5.32 Å². The Morgan fingerprint density at radius 2 is 1.90 bits per heavy atom. The van der Waals surface area contributed by atoms with Gasteiger partial charge >= 0.3 is 0 Å². The molecule has 0 fully saturated rings. The van der Waals surface area contributed by atoms with Crippen LogP contribution in [0.1, 0.15) is 39.5 Å². The molecule has 1 aromatic carbocycles. The van der Waals surface area contributed by atoms with Gasteiger partial charge in [0.05, 0.1) is 6.61 Å². The van der Waals surface area contributed by atoms with Crippen molar-refractivity contribution in [1.82, 2.24) is 5.32 Å². The third-order valence-electron chi connectivity index (χ3n) is 3.68. The Kier molecular flexibility index (Phi) is 7.15. The van der Waals surface area contributed by atoms with Crippen LogP contribution in [-0.4, -0.2) is 24.6 Å². The quantitative estimate of drug-likeness (QED) is 0.689. The molecule has 0 aromatic heterocycles. The van der Waals surface area contributed by atoms with E-state index in [9.17, 15) is 9.18 Å². The monoisotopic (exact) mass is 296 g/mol. The van der Waals surface area contributed by atoms with E-state index in [4.69, 9.17) is 10.5 Å². The van der Waals surface area contributed by atoms with Crippen molar-refractivity contribution in [3.8, 4) is 5.75 Å². The maximum atomic E-state index is 12.7. The van der Waals surface area contributed by atoms with Crippen molar-refractivity contribution in [3.63, 3.8) is 0 Å². The fourth-order valence-electron chi connectivity index (χ4n) is 1.82. The topological polar surface area (TPSA) is 64.3 Å². The van der Waals surface area contributed by atoms with Gasteiger partial charge in [0.25, 0.3) is 0 Å². The molecule has 0 aliphatic carbocycles. The number of nitrogens with one attached hydrogen (secondary N) is 1. The first-order valence-electron chi connectivity index (χ1n) is 7.43. The summed E-state index contributed by atoms with van der Waals surface area (Å²) in [5, 5.41) is 2.86. The summed E-state index contributed by atoms with van der Waals surface area (Å²) in [6.07, 6.45) is 2.67. The number of nitrogens with two attached hydrogens (primary N) is 1. The minimum atomic E-state index is -0.319. The summed E-state index contributed by atoms with van der Waals surface area (Å²) < 4.78 is 18.1. The molecule has 118 valence electrons. The number of carbonyl (C=O) groups is 1. The summed E-state index contributed by atoms with van der Waals surface area (Å²) in [5.74, 6) is 0.294. The summed E-state index contributed by atoms with van der Waals surface area (Å²) in [4.78, 5) is 11.7. The van der Waals surface area contributed by atoms with Crippen LogP contribution in [0.4, 0.5) is 4.39 Å². The normalized spacial score (nSPS) is 11.2. The second-order valence-electron chi connectivity index (χ2n) is 5.25. The van der Waals surface area contributed by atoms with Crippen molar-refractivity contribution in [3.05, 3.63) is 30.1 Å². The maximum Gasteiger partial charge on any atom is 0.220 e. The minimum absolute atomic E-state index is 0.0190. The Hall–Kier alpha value is -1.62. The lowest BCUT2D eigenvalue weighted by Gasteiger charge is -2.26. The van der Waals surface area contributed by atoms with Crippen LogP contribution in [0.3, 0.4) is 0 Å². The standard InChI is InChI=1S/C16H25FN2O2/c1-3-16(18,4-2)12-19-15(20)6-5-11-21-14-9-7-13(17)8-10-14/h7-10H,3-6,11-12,18H2,1-2H3,(H,19,20). The third kappa shape index (κ3) is 6.58. The molecule has 1 aromatic rings. The molecule has 0 heterocycles. The first kappa shape index (κ1) is 17.4. The van der Waals surface area contributed by atoms with Crippen LogP contribution >= 0.6 is 0 Å². The zero-order valence-corrected chi connectivity index (χ0v) is 12.8. The fourth-order valence-corrected chi connectivity index (χ4v) is 1.82. The zero-order chi connectivity index (χ0) is 15.7. The maximum absolute atomic E-state index is 12.7. The minimum Gasteiger partial charge on any atom is -0.494 e. The molecule has 4 nitrogen and oxygen atoms in total. The molecule has 0 saturated heterocycles. The van der Waals surface area contributed by atoms with E-state index in [0.717, 1.165) is 12.8 Å². The molecule has 1 amide bonds. The highest BCUT2D eigenvalue weighted by Gasteiger charge is 2.20. The smallest absolute Gasteiger partial charge is 0.220 e. The summed E-state index contributed by atoms with van der Waals surface area (Å²) in [5.41, 5.74) is 5.80. The van der Waals surface area contributed by atoms with Crippen molar-refractivity contribution < 1.29 is 13.9 Å². The fraction of sp³-hybridized carbons (Fsp3) is 0.562. The molecule has 0 unspecified atom stereocenters. The lowest BCUT2D eigenvalue weighted by molar-refractivity contribution is -0.121. The molecular formula is C16H25FN2O2. The molecule has 0 aliphatic rings. The summed E-state index contributed by atoms with van der Waals surface area (Å²) in [6, 6.07) is 5.83. The highest BCUT2D eigenvalue weighted by molar-refractivity contribution is 5.75. The molecule has 0 aliphatic heterocycles. The van der Waals surface area contributed by atoms with Gasteiger partial charge in [-0.05, 0) is 43.5 Å². The molecule has 1 rings (SSSR count). The number of amides is 1. The van der Waals surface area contributed by atoms with Crippen LogP contribution in [0.5, 0.6) is 5.75 Å². The van der Waals surface area contributed by atoms with Crippen LogP contribution in [0.25, 0.3) is 0 Å². The third-order valence-corrected chi connectivity index (χ3v) is 3.68. The Labute approximate surface area is 125 Å². The Morgan fingerprint density at radius 1 is 1.29 bits per heavy atom. The van der Waals surface area contributed by atoms with Crippen LogP contribution in [0.15, 0.2) is 24.3 Å². The zero-order valence-electron chi connectivity index (χ0n) is 12.8. The van der Waals surface area contributed by atoms with Crippen LogP contribution in [0, 0.1) is 5.82 Å². The molecule has 5 heteroatoms. The number of rotatable bonds is 9. The Balaban J connectivity index is 2.17. The van der Waals surface area contributed by atoms with Crippen LogP contribution in [0.2, 0.25) is 0 Å². The van der Waals surface area contributed by atoms with Gasteiger partial charge in [0.15, 0.2) is 0 Å². The largest absolute Gasteiger partial charge is 0.494 e. The average Bonchev–Trinajstić information content (AvgIpc) is 2.51. The van der Waals surface area contributed by atoms with Crippen molar-refractivity contribution in [2.45, 2.75) is 45.1 Å². The van der Waals surface area contributed by atoms with Gasteiger partial charge < -0.3 is 15.8 Å². The summed E-state index contributed by atoms with van der Waals surface area (Å²) in [6.45, 7) is 4.96. The number of carbonyl (C=O) groups excluding carboxylic acids is 1. The molecule has 0 bridgehead atoms. The SMILES string of the molecule is CCC(N)(CC)CNC(=O)CCCOc1ccc(F)cc1. The lowest BCUT2D eigenvalue weighted by Crippen LogP contribution is -2.49. The van der Waals surface area contributed by atoms with Gasteiger partial charge in [0, 0.05) is 18.5 Å². The van der Waals surface area contributed by atoms with Gasteiger partial charge in [-0.25, -0.2) is 4.39 Å². The molecule has 0 saturated carbocycles. The van der Waals surface area contributed by atoms with E-state index in [-0.39, 0.29) is 17.3 Å². The number of benzene rings is 1. The van der Waals surface area contributed by atoms with Crippen molar-refractivity contribution >= 4 is 5.91 Å². The molecular weight excluding hydrogens is 271 g/mol. The van der Waals surface area contributed by atoms with E-state index in [1.54, 1.807) is 12.1 Å². The molecule has 3 N–H and O–H groups in total. The van der Waals surface area contributed by atoms with Crippen LogP contribution < -0.4 is 15.8 Å². The van der Waals surface area contributed by atoms with E-state index in [1.807, 2.05) is 13.8 Å². The number of ether oxygens (including phenoxy) is 1. The van der Waals surface area contributed by atoms with Gasteiger partial charge in [-0.1, -0.05) is 13.8 Å². The highest BCUT2D eigenvalue weighted by atomic mass is 19.1.